The molecule has 1 aliphatic heterocycles. The quantitative estimate of drug-likeness (QED) is 0.708. The van der Waals surface area contributed by atoms with Crippen molar-refractivity contribution in [3.63, 3.8) is 0 Å². The largest absolute Gasteiger partial charge is 0.376 e. The Morgan fingerprint density at radius 1 is 1.64 bits per heavy atom. The first-order valence-electron chi connectivity index (χ1n) is 4.93. The van der Waals surface area contributed by atoms with Crippen molar-refractivity contribution in [1.82, 2.24) is 9.55 Å². The number of imidazole rings is 1. The van der Waals surface area contributed by atoms with Gasteiger partial charge in [0.1, 0.15) is 6.07 Å². The molecule has 0 N–H and O–H groups in total. The highest BCUT2D eigenvalue weighted by Gasteiger charge is 2.15. The van der Waals surface area contributed by atoms with E-state index in [2.05, 4.69) is 11.1 Å². The molecule has 1 aliphatic rings. The second kappa shape index (κ2) is 4.25. The number of aromatic nitrogens is 2. The van der Waals surface area contributed by atoms with E-state index in [1.165, 1.54) is 6.42 Å². The van der Waals surface area contributed by atoms with Crippen molar-refractivity contribution < 1.29 is 4.74 Å². The third-order valence-electron chi connectivity index (χ3n) is 2.49. The highest BCUT2D eigenvalue weighted by Crippen LogP contribution is 2.14. The molecule has 1 fully saturated rings. The first-order valence-corrected chi connectivity index (χ1v) is 4.93. The van der Waals surface area contributed by atoms with Crippen LogP contribution in [0.15, 0.2) is 12.4 Å². The Morgan fingerprint density at radius 3 is 3.29 bits per heavy atom. The van der Waals surface area contributed by atoms with Crippen LogP contribution in [0.25, 0.3) is 0 Å². The molecule has 0 aliphatic carbocycles. The summed E-state index contributed by atoms with van der Waals surface area (Å²) >= 11 is 0. The lowest BCUT2D eigenvalue weighted by Crippen LogP contribution is -2.24. The van der Waals surface area contributed by atoms with Gasteiger partial charge in [0.25, 0.3) is 0 Å². The van der Waals surface area contributed by atoms with E-state index in [0.717, 1.165) is 26.0 Å². The minimum absolute atomic E-state index is 0.255. The van der Waals surface area contributed by atoms with Gasteiger partial charge in [0.15, 0.2) is 0 Å². The van der Waals surface area contributed by atoms with Gasteiger partial charge in [-0.25, -0.2) is 4.98 Å². The van der Waals surface area contributed by atoms with Gasteiger partial charge in [0.2, 0.25) is 5.82 Å². The van der Waals surface area contributed by atoms with E-state index >= 15 is 0 Å². The fraction of sp³-hybridized carbons (Fsp3) is 0.600. The van der Waals surface area contributed by atoms with Crippen molar-refractivity contribution in [3.8, 4) is 6.07 Å². The van der Waals surface area contributed by atoms with E-state index in [1.54, 1.807) is 6.20 Å². The third kappa shape index (κ3) is 1.94. The molecule has 4 nitrogen and oxygen atoms in total. The molecule has 0 aromatic carbocycles. The van der Waals surface area contributed by atoms with Crippen molar-refractivity contribution in [1.29, 1.82) is 5.26 Å². The maximum absolute atomic E-state index is 8.76. The lowest BCUT2D eigenvalue weighted by molar-refractivity contribution is 0.00584. The Kier molecular flexibility index (Phi) is 2.80. The van der Waals surface area contributed by atoms with E-state index in [9.17, 15) is 0 Å². The molecule has 0 saturated carbocycles. The third-order valence-corrected chi connectivity index (χ3v) is 2.49. The summed E-state index contributed by atoms with van der Waals surface area (Å²) in [6.07, 6.45) is 7.21. The van der Waals surface area contributed by atoms with Crippen LogP contribution in [-0.4, -0.2) is 22.3 Å². The van der Waals surface area contributed by atoms with Crippen LogP contribution in [0.1, 0.15) is 25.1 Å². The van der Waals surface area contributed by atoms with Gasteiger partial charge in [-0.05, 0) is 19.3 Å². The van der Waals surface area contributed by atoms with Crippen LogP contribution in [0.4, 0.5) is 0 Å². The molecule has 0 bridgehead atoms. The van der Waals surface area contributed by atoms with Crippen LogP contribution in [-0.2, 0) is 11.3 Å². The molecule has 2 heterocycles. The first kappa shape index (κ1) is 9.22. The van der Waals surface area contributed by atoms with E-state index in [1.807, 2.05) is 10.8 Å². The summed E-state index contributed by atoms with van der Waals surface area (Å²) < 4.78 is 7.45. The van der Waals surface area contributed by atoms with Crippen LogP contribution >= 0.6 is 0 Å². The molecule has 0 radical (unpaired) electrons. The number of hydrogen-bond acceptors (Lipinski definition) is 3. The fourth-order valence-corrected chi connectivity index (χ4v) is 1.74. The maximum Gasteiger partial charge on any atom is 0.212 e. The monoisotopic (exact) mass is 191 g/mol. The van der Waals surface area contributed by atoms with Gasteiger partial charge in [0.05, 0.1) is 12.6 Å². The molecule has 1 atom stereocenters. The first-order chi connectivity index (χ1) is 6.90. The molecule has 74 valence electrons. The summed E-state index contributed by atoms with van der Waals surface area (Å²) in [7, 11) is 0. The van der Waals surface area contributed by atoms with E-state index < -0.39 is 0 Å². The SMILES string of the molecule is N#Cc1nccn1CC1CCCCO1. The number of nitrogens with zero attached hydrogens (tertiary/aromatic N) is 3. The zero-order valence-corrected chi connectivity index (χ0v) is 8.02. The van der Waals surface area contributed by atoms with E-state index in [-0.39, 0.29) is 6.10 Å². The Labute approximate surface area is 83.1 Å². The molecule has 2 rings (SSSR count). The van der Waals surface area contributed by atoms with Gasteiger partial charge in [-0.2, -0.15) is 5.26 Å². The zero-order valence-electron chi connectivity index (χ0n) is 8.02. The second-order valence-corrected chi connectivity index (χ2v) is 3.50. The predicted octanol–water partition coefficient (Wildman–Crippen LogP) is 1.32. The zero-order chi connectivity index (χ0) is 9.80. The van der Waals surface area contributed by atoms with Crippen molar-refractivity contribution in [2.24, 2.45) is 0 Å². The van der Waals surface area contributed by atoms with Crippen LogP contribution in [0, 0.1) is 11.3 Å². The van der Waals surface area contributed by atoms with Gasteiger partial charge in [-0.3, -0.25) is 0 Å². The molecular formula is C10H13N3O. The Morgan fingerprint density at radius 2 is 2.57 bits per heavy atom. The van der Waals surface area contributed by atoms with Crippen LogP contribution < -0.4 is 0 Å². The summed E-state index contributed by atoms with van der Waals surface area (Å²) in [4.78, 5) is 3.95. The summed E-state index contributed by atoms with van der Waals surface area (Å²) in [5, 5.41) is 8.76. The maximum atomic E-state index is 8.76. The fourth-order valence-electron chi connectivity index (χ4n) is 1.74. The highest BCUT2D eigenvalue weighted by molar-refractivity contribution is 5.11. The predicted molar refractivity (Wildman–Crippen MR) is 50.5 cm³/mol. The number of rotatable bonds is 2. The molecule has 1 aromatic heterocycles. The molecule has 0 amide bonds. The number of hydrogen-bond donors (Lipinski definition) is 0. The summed E-state index contributed by atoms with van der Waals surface area (Å²) in [5.41, 5.74) is 0. The van der Waals surface area contributed by atoms with E-state index in [0.29, 0.717) is 5.82 Å². The molecule has 1 unspecified atom stereocenters. The Bertz CT molecular complexity index is 333. The average Bonchev–Trinajstić information content (AvgIpc) is 2.67. The second-order valence-electron chi connectivity index (χ2n) is 3.50. The summed E-state index contributed by atoms with van der Waals surface area (Å²) in [6, 6.07) is 2.06. The summed E-state index contributed by atoms with van der Waals surface area (Å²) in [5.74, 6) is 0.471. The lowest BCUT2D eigenvalue weighted by atomic mass is 10.1. The Hall–Kier alpha value is -1.34. The van der Waals surface area contributed by atoms with E-state index in [4.69, 9.17) is 10.00 Å². The molecule has 4 heteroatoms. The smallest absolute Gasteiger partial charge is 0.212 e. The molecule has 14 heavy (non-hydrogen) atoms. The van der Waals surface area contributed by atoms with Gasteiger partial charge < -0.3 is 9.30 Å². The van der Waals surface area contributed by atoms with Crippen LogP contribution in [0.5, 0.6) is 0 Å². The van der Waals surface area contributed by atoms with Gasteiger partial charge in [-0.15, -0.1) is 0 Å². The molecule has 1 saturated heterocycles. The van der Waals surface area contributed by atoms with Gasteiger partial charge >= 0.3 is 0 Å². The average molecular weight is 191 g/mol. The summed E-state index contributed by atoms with van der Waals surface area (Å²) in [6.45, 7) is 1.60. The lowest BCUT2D eigenvalue weighted by Gasteiger charge is -2.22. The number of ether oxygens (including phenoxy) is 1. The van der Waals surface area contributed by atoms with Crippen LogP contribution in [0.3, 0.4) is 0 Å². The van der Waals surface area contributed by atoms with Crippen molar-refractivity contribution >= 4 is 0 Å². The minimum atomic E-state index is 0.255. The standard InChI is InChI=1S/C10H13N3O/c11-7-10-12-4-5-13(10)8-9-3-1-2-6-14-9/h4-5,9H,1-3,6,8H2. The Balaban J connectivity index is 1.99. The molecule has 1 aromatic rings. The van der Waals surface area contributed by atoms with Crippen molar-refractivity contribution in [2.45, 2.75) is 31.9 Å². The van der Waals surface area contributed by atoms with Crippen molar-refractivity contribution in [2.75, 3.05) is 6.61 Å². The van der Waals surface area contributed by atoms with Gasteiger partial charge in [0, 0.05) is 19.0 Å². The van der Waals surface area contributed by atoms with Gasteiger partial charge in [-0.1, -0.05) is 0 Å². The number of nitriles is 1. The normalized spacial score (nSPS) is 21.8. The highest BCUT2D eigenvalue weighted by atomic mass is 16.5. The van der Waals surface area contributed by atoms with Crippen molar-refractivity contribution in [3.05, 3.63) is 18.2 Å². The van der Waals surface area contributed by atoms with Crippen LogP contribution in [0.2, 0.25) is 0 Å². The molecule has 0 spiro atoms. The topological polar surface area (TPSA) is 50.8 Å². The minimum Gasteiger partial charge on any atom is -0.376 e. The molecular weight excluding hydrogens is 178 g/mol.